The number of hydrogen-bond acceptors (Lipinski definition) is 5. The van der Waals surface area contributed by atoms with Gasteiger partial charge >= 0.3 is 6.18 Å². The van der Waals surface area contributed by atoms with Gasteiger partial charge in [0.15, 0.2) is 15.5 Å². The Kier molecular flexibility index (Phi) is 4.29. The van der Waals surface area contributed by atoms with Crippen molar-refractivity contribution in [1.29, 1.82) is 0 Å². The second-order valence-electron chi connectivity index (χ2n) is 6.76. The molecule has 0 aliphatic carbocycles. The number of sulfone groups is 1. The van der Waals surface area contributed by atoms with Crippen molar-refractivity contribution in [3.05, 3.63) is 58.3 Å². The fourth-order valence-electron chi connectivity index (χ4n) is 3.31. The molecule has 0 N–H and O–H groups in total. The number of benzene rings is 1. The first-order valence-electron chi connectivity index (χ1n) is 8.43. The maximum Gasteiger partial charge on any atom is 0.416 e. The summed E-state index contributed by atoms with van der Waals surface area (Å²) in [6.45, 7) is 0.0584. The second kappa shape index (κ2) is 6.43. The molecule has 1 saturated heterocycles. The first kappa shape index (κ1) is 18.7. The zero-order chi connectivity index (χ0) is 20.1. The van der Waals surface area contributed by atoms with Crippen LogP contribution in [0.3, 0.4) is 0 Å². The Bertz CT molecular complexity index is 1200. The Hall–Kier alpha value is -2.69. The van der Waals surface area contributed by atoms with Gasteiger partial charge in [-0.05, 0) is 24.1 Å². The van der Waals surface area contributed by atoms with Gasteiger partial charge < -0.3 is 0 Å². The summed E-state index contributed by atoms with van der Waals surface area (Å²) >= 11 is 0. The minimum absolute atomic E-state index is 0.0416. The van der Waals surface area contributed by atoms with Gasteiger partial charge in [0.25, 0.3) is 5.56 Å². The van der Waals surface area contributed by atoms with Crippen LogP contribution in [0.2, 0.25) is 0 Å². The van der Waals surface area contributed by atoms with Gasteiger partial charge in [-0.25, -0.2) is 18.1 Å². The van der Waals surface area contributed by atoms with Crippen LogP contribution in [0.1, 0.15) is 23.6 Å². The van der Waals surface area contributed by atoms with Gasteiger partial charge in [0, 0.05) is 0 Å². The third-order valence-electron chi connectivity index (χ3n) is 4.77. The molecular weight excluding hydrogens is 397 g/mol. The Balaban J connectivity index is 1.63. The molecule has 3 aromatic rings. The Morgan fingerprint density at radius 3 is 2.50 bits per heavy atom. The van der Waals surface area contributed by atoms with E-state index in [0.717, 1.165) is 12.1 Å². The summed E-state index contributed by atoms with van der Waals surface area (Å²) in [4.78, 5) is 16.9. The molecule has 4 rings (SSSR count). The van der Waals surface area contributed by atoms with Crippen molar-refractivity contribution in [2.45, 2.75) is 25.2 Å². The molecule has 1 atom stereocenters. The summed E-state index contributed by atoms with van der Waals surface area (Å²) in [5.74, 6) is 0.0319. The summed E-state index contributed by atoms with van der Waals surface area (Å²) in [7, 11) is -3.12. The van der Waals surface area contributed by atoms with Gasteiger partial charge in [0.1, 0.15) is 11.7 Å². The molecule has 1 unspecified atom stereocenters. The van der Waals surface area contributed by atoms with Crippen LogP contribution in [-0.2, 0) is 22.6 Å². The lowest BCUT2D eigenvalue weighted by Crippen LogP contribution is -2.22. The molecule has 1 aromatic carbocycles. The minimum Gasteiger partial charge on any atom is -0.294 e. The normalized spacial score (nSPS) is 19.3. The van der Waals surface area contributed by atoms with Crippen LogP contribution < -0.4 is 5.56 Å². The lowest BCUT2D eigenvalue weighted by Gasteiger charge is -2.11. The topological polar surface area (TPSA) is 86.8 Å². The highest BCUT2D eigenvalue weighted by molar-refractivity contribution is 7.91. The summed E-state index contributed by atoms with van der Waals surface area (Å²) in [6, 6.07) is 4.19. The molecule has 148 valence electrons. The highest BCUT2D eigenvalue weighted by Gasteiger charge is 2.31. The van der Waals surface area contributed by atoms with Gasteiger partial charge in [0.05, 0.1) is 35.9 Å². The lowest BCUT2D eigenvalue weighted by atomic mass is 10.1. The van der Waals surface area contributed by atoms with Crippen molar-refractivity contribution in [3.63, 3.8) is 0 Å². The summed E-state index contributed by atoms with van der Waals surface area (Å²) in [5, 5.41) is 4.38. The van der Waals surface area contributed by atoms with Crippen LogP contribution in [0.15, 0.2) is 41.6 Å². The number of fused-ring (bicyclic) bond motifs is 1. The number of hydrogen-bond donors (Lipinski definition) is 0. The molecule has 1 aliphatic heterocycles. The lowest BCUT2D eigenvalue weighted by molar-refractivity contribution is -0.137. The van der Waals surface area contributed by atoms with E-state index in [-0.39, 0.29) is 29.5 Å². The maximum atomic E-state index is 12.7. The maximum absolute atomic E-state index is 12.7. The smallest absolute Gasteiger partial charge is 0.294 e. The first-order valence-corrected chi connectivity index (χ1v) is 10.3. The standard InChI is InChI=1S/C17H15F3N4O3S/c18-17(19,20)12-3-1-11(2-4-12)8-23-10-21-15-14(16(23)25)7-22-24(15)13-5-6-28(26,27)9-13/h1-4,7,10,13H,5-6,8-9H2. The minimum atomic E-state index is -4.42. The van der Waals surface area contributed by atoms with Crippen LogP contribution in [0.25, 0.3) is 11.0 Å². The molecule has 0 bridgehead atoms. The first-order chi connectivity index (χ1) is 13.1. The van der Waals surface area contributed by atoms with Gasteiger partial charge in [0.2, 0.25) is 0 Å². The third kappa shape index (κ3) is 3.41. The summed E-state index contributed by atoms with van der Waals surface area (Å²) in [5.41, 5.74) is -0.330. The molecule has 28 heavy (non-hydrogen) atoms. The fourth-order valence-corrected chi connectivity index (χ4v) is 5.00. The zero-order valence-electron chi connectivity index (χ0n) is 14.4. The van der Waals surface area contributed by atoms with Gasteiger partial charge in [-0.15, -0.1) is 0 Å². The van der Waals surface area contributed by atoms with Gasteiger partial charge in [-0.1, -0.05) is 12.1 Å². The molecule has 0 amide bonds. The van der Waals surface area contributed by atoms with E-state index in [0.29, 0.717) is 17.6 Å². The number of halogens is 3. The summed E-state index contributed by atoms with van der Waals surface area (Å²) in [6.07, 6.45) is -1.36. The summed E-state index contributed by atoms with van der Waals surface area (Å²) < 4.78 is 64.1. The molecule has 11 heteroatoms. The molecule has 1 aliphatic rings. The zero-order valence-corrected chi connectivity index (χ0v) is 15.2. The van der Waals surface area contributed by atoms with Gasteiger partial charge in [-0.3, -0.25) is 9.36 Å². The number of alkyl halides is 3. The molecule has 0 spiro atoms. The van der Waals surface area contributed by atoms with E-state index < -0.39 is 27.1 Å². The highest BCUT2D eigenvalue weighted by Crippen LogP contribution is 2.29. The molecule has 0 saturated carbocycles. The van der Waals surface area contributed by atoms with Crippen molar-refractivity contribution < 1.29 is 21.6 Å². The molecule has 2 aromatic heterocycles. The van der Waals surface area contributed by atoms with Crippen molar-refractivity contribution in [1.82, 2.24) is 19.3 Å². The number of nitrogens with zero attached hydrogens (tertiary/aromatic N) is 4. The van der Waals surface area contributed by atoms with E-state index in [1.807, 2.05) is 0 Å². The predicted molar refractivity (Wildman–Crippen MR) is 94.6 cm³/mol. The molecular formula is C17H15F3N4O3S. The Morgan fingerprint density at radius 2 is 1.89 bits per heavy atom. The van der Waals surface area contributed by atoms with Crippen LogP contribution in [0.4, 0.5) is 13.2 Å². The van der Waals surface area contributed by atoms with E-state index in [4.69, 9.17) is 0 Å². The highest BCUT2D eigenvalue weighted by atomic mass is 32.2. The van der Waals surface area contributed by atoms with E-state index in [9.17, 15) is 26.4 Å². The molecule has 7 nitrogen and oxygen atoms in total. The third-order valence-corrected chi connectivity index (χ3v) is 6.52. The van der Waals surface area contributed by atoms with Crippen molar-refractivity contribution in [2.24, 2.45) is 0 Å². The fraction of sp³-hybridized carbons (Fsp3) is 0.353. The predicted octanol–water partition coefficient (Wildman–Crippen LogP) is 2.02. The van der Waals surface area contributed by atoms with E-state index >= 15 is 0 Å². The average molecular weight is 412 g/mol. The quantitative estimate of drug-likeness (QED) is 0.657. The van der Waals surface area contributed by atoms with Crippen LogP contribution >= 0.6 is 0 Å². The molecule has 1 fully saturated rings. The number of aromatic nitrogens is 4. The SMILES string of the molecule is O=c1c2cnn(C3CCS(=O)(=O)C3)c2ncn1Cc1ccc(C(F)(F)F)cc1. The average Bonchev–Trinajstić information content (AvgIpc) is 3.20. The van der Waals surface area contributed by atoms with Crippen LogP contribution in [0, 0.1) is 0 Å². The van der Waals surface area contributed by atoms with Crippen LogP contribution in [0.5, 0.6) is 0 Å². The molecule has 0 radical (unpaired) electrons. The molecule has 3 heterocycles. The van der Waals surface area contributed by atoms with Crippen molar-refractivity contribution >= 4 is 20.9 Å². The monoisotopic (exact) mass is 412 g/mol. The van der Waals surface area contributed by atoms with E-state index in [1.165, 1.54) is 33.9 Å². The Labute approximate surface area is 157 Å². The van der Waals surface area contributed by atoms with E-state index in [2.05, 4.69) is 10.1 Å². The largest absolute Gasteiger partial charge is 0.416 e. The van der Waals surface area contributed by atoms with Crippen molar-refractivity contribution in [3.8, 4) is 0 Å². The second-order valence-corrected chi connectivity index (χ2v) is 8.98. The van der Waals surface area contributed by atoms with E-state index in [1.54, 1.807) is 0 Å². The van der Waals surface area contributed by atoms with Crippen molar-refractivity contribution in [2.75, 3.05) is 11.5 Å². The number of rotatable bonds is 3. The Morgan fingerprint density at radius 1 is 1.18 bits per heavy atom. The van der Waals surface area contributed by atoms with Crippen LogP contribution in [-0.4, -0.2) is 39.3 Å². The van der Waals surface area contributed by atoms with Gasteiger partial charge in [-0.2, -0.15) is 18.3 Å².